The molecule has 1 saturated heterocycles. The van der Waals surface area contributed by atoms with Gasteiger partial charge in [-0.25, -0.2) is 4.94 Å². The minimum atomic E-state index is -0.712. The van der Waals surface area contributed by atoms with Gasteiger partial charge in [0, 0.05) is 0 Å². The average Bonchev–Trinajstić information content (AvgIpc) is 1.87. The van der Waals surface area contributed by atoms with Crippen LogP contribution in [-0.4, -0.2) is 21.2 Å². The molecule has 0 unspecified atom stereocenters. The number of hydrogen-bond donors (Lipinski definition) is 1. The molecule has 0 aromatic rings. The fraction of sp³-hybridized carbons (Fsp3) is 0. The highest BCUT2D eigenvalue weighted by Gasteiger charge is 2.24. The monoisotopic (exact) mass is 167 g/mol. The Morgan fingerprint density at radius 3 is 2.27 bits per heavy atom. The molecule has 0 aromatic heterocycles. The van der Waals surface area contributed by atoms with Crippen LogP contribution in [0.2, 0.25) is 0 Å². The summed E-state index contributed by atoms with van der Waals surface area (Å²) in [4.78, 5) is 6.97. The molecule has 1 rings (SSSR count). The van der Waals surface area contributed by atoms with Crippen LogP contribution in [0, 0.1) is 20.8 Å². The van der Waals surface area contributed by atoms with Crippen molar-refractivity contribution in [3.05, 3.63) is 20.8 Å². The maximum atomic E-state index is 10.2. The summed E-state index contributed by atoms with van der Waals surface area (Å²) < 4.78 is 0. The molecule has 11 nitrogen and oxygen atoms in total. The van der Waals surface area contributed by atoms with Gasteiger partial charge >= 0.3 is 0 Å². The van der Waals surface area contributed by atoms with Crippen molar-refractivity contribution >= 4 is 0 Å². The van der Waals surface area contributed by atoms with Crippen LogP contribution < -0.4 is 5.64 Å². The van der Waals surface area contributed by atoms with Gasteiger partial charge in [-0.05, 0) is 0 Å². The highest BCUT2D eigenvalue weighted by molar-refractivity contribution is 4.45. The zero-order valence-corrected chi connectivity index (χ0v) is 4.74. The van der Waals surface area contributed by atoms with Crippen molar-refractivity contribution in [2.75, 3.05) is 0 Å². The lowest BCUT2D eigenvalue weighted by molar-refractivity contribution is -0.653. The molecule has 1 heterocycles. The predicted octanol–water partition coefficient (Wildman–Crippen LogP) is -1.77. The summed E-state index contributed by atoms with van der Waals surface area (Å²) in [6, 6.07) is 0. The Morgan fingerprint density at radius 2 is 1.91 bits per heavy atom. The second-order valence-corrected chi connectivity index (χ2v) is 1.24. The molecule has 0 aromatic carbocycles. The number of rotatable bonds is 3. The van der Waals surface area contributed by atoms with Gasteiger partial charge < -0.3 is 20.8 Å². The van der Waals surface area contributed by atoms with E-state index >= 15 is 0 Å². The van der Waals surface area contributed by atoms with E-state index in [1.165, 1.54) is 0 Å². The van der Waals surface area contributed by atoms with Gasteiger partial charge in [-0.1, -0.05) is 5.23 Å². The van der Waals surface area contributed by atoms with Crippen molar-refractivity contribution in [1.29, 1.82) is 0 Å². The second kappa shape index (κ2) is 3.30. The molecule has 11 heavy (non-hydrogen) atoms. The summed E-state index contributed by atoms with van der Waals surface area (Å²) in [5.74, 6) is 0. The maximum Gasteiger partial charge on any atom is -0.0614 e. The van der Waals surface area contributed by atoms with Crippen LogP contribution in [0.1, 0.15) is 0 Å². The predicted molar refractivity (Wildman–Crippen MR) is 26.1 cm³/mol. The minimum absolute atomic E-state index is 0.231. The second-order valence-electron chi connectivity index (χ2n) is 1.24. The van der Waals surface area contributed by atoms with E-state index in [4.69, 9.17) is 0 Å². The van der Waals surface area contributed by atoms with E-state index in [0.29, 0.717) is 5.64 Å². The van der Waals surface area contributed by atoms with Gasteiger partial charge in [0.1, 0.15) is 0 Å². The fourth-order valence-electron chi connectivity index (χ4n) is 0.345. The Balaban J connectivity index is 2.33. The zero-order chi connectivity index (χ0) is 8.43. The molecular formula is HN5O6-4. The molecule has 0 aliphatic carbocycles. The molecule has 66 valence electrons. The smallest absolute Gasteiger partial charge is 0.0614 e. The average molecular weight is 167 g/mol. The first-order valence-corrected chi connectivity index (χ1v) is 2.10. The molecule has 0 saturated carbocycles. The van der Waals surface area contributed by atoms with Crippen molar-refractivity contribution in [2.24, 2.45) is 0 Å². The summed E-state index contributed by atoms with van der Waals surface area (Å²) in [6.07, 6.45) is 0. The van der Waals surface area contributed by atoms with Gasteiger partial charge in [0.2, 0.25) is 0 Å². The fourth-order valence-corrected chi connectivity index (χ4v) is 0.345. The van der Waals surface area contributed by atoms with Gasteiger partial charge in [0.25, 0.3) is 0 Å². The van der Waals surface area contributed by atoms with Gasteiger partial charge in [-0.15, -0.1) is 16.0 Å². The molecule has 11 heteroatoms. The lowest BCUT2D eigenvalue weighted by atomic mass is 11.9. The normalized spacial score (nSPS) is 22.6. The number of nitrogens with zero attached hydrogens (tertiary/aromatic N) is 4. The standard InChI is InChI=1S/HN5O6/c6-1-10-3(7)2-4(8)11-5(2)9/h1H/q-4. The number of hydrogen-bond acceptors (Lipinski definition) is 11. The van der Waals surface area contributed by atoms with E-state index in [1.807, 2.05) is 0 Å². The Kier molecular flexibility index (Phi) is 2.60. The van der Waals surface area contributed by atoms with Crippen LogP contribution in [0.4, 0.5) is 0 Å². The minimum Gasteiger partial charge on any atom is -0.763 e. The summed E-state index contributed by atoms with van der Waals surface area (Å²) in [6.45, 7) is 0. The molecule has 0 radical (unpaired) electrons. The van der Waals surface area contributed by atoms with Crippen LogP contribution in [0.15, 0.2) is 0 Å². The first kappa shape index (κ1) is 8.65. The molecule has 0 spiro atoms. The van der Waals surface area contributed by atoms with Crippen LogP contribution in [0.25, 0.3) is 0 Å². The maximum absolute atomic E-state index is 10.2. The topological polar surface area (TPSA) is 136 Å². The quantitative estimate of drug-likeness (QED) is 0.477. The third-order valence-corrected chi connectivity index (χ3v) is 0.693. The van der Waals surface area contributed by atoms with Gasteiger partial charge in [-0.2, -0.15) is 4.94 Å². The van der Waals surface area contributed by atoms with Crippen molar-refractivity contribution < 1.29 is 9.88 Å². The van der Waals surface area contributed by atoms with Gasteiger partial charge in [0.15, 0.2) is 0 Å². The lowest BCUT2D eigenvalue weighted by Crippen LogP contribution is -2.66. The van der Waals surface area contributed by atoms with Gasteiger partial charge in [0.05, 0.1) is 0 Å². The summed E-state index contributed by atoms with van der Waals surface area (Å²) >= 11 is 0. The van der Waals surface area contributed by atoms with E-state index in [2.05, 4.69) is 9.88 Å². The largest absolute Gasteiger partial charge is 0.763 e. The third-order valence-electron chi connectivity index (χ3n) is 0.693. The first-order chi connectivity index (χ1) is 5.16. The van der Waals surface area contributed by atoms with E-state index in [9.17, 15) is 20.8 Å². The molecule has 1 fully saturated rings. The van der Waals surface area contributed by atoms with Crippen LogP contribution in [-0.2, 0) is 9.88 Å². The molecular weight excluding hydrogens is 166 g/mol. The van der Waals surface area contributed by atoms with Crippen molar-refractivity contribution in [3.8, 4) is 0 Å². The molecule has 1 aliphatic rings. The Bertz CT molecular complexity index is 120. The first-order valence-electron chi connectivity index (χ1n) is 2.10. The summed E-state index contributed by atoms with van der Waals surface area (Å²) in [5, 5.41) is 37.8. The zero-order valence-electron chi connectivity index (χ0n) is 4.74. The highest BCUT2D eigenvalue weighted by Crippen LogP contribution is 2.17. The molecule has 1 N–H and O–H groups in total. The molecule has 0 atom stereocenters. The van der Waals surface area contributed by atoms with Crippen molar-refractivity contribution in [3.63, 3.8) is 0 Å². The van der Waals surface area contributed by atoms with Crippen molar-refractivity contribution in [2.45, 2.75) is 0 Å². The molecule has 1 aliphatic heterocycles. The lowest BCUT2D eigenvalue weighted by Gasteiger charge is -2.60. The van der Waals surface area contributed by atoms with Crippen LogP contribution in [0.3, 0.4) is 0 Å². The van der Waals surface area contributed by atoms with E-state index < -0.39 is 16.0 Å². The molecule has 0 bridgehead atoms. The van der Waals surface area contributed by atoms with E-state index in [-0.39, 0.29) is 5.23 Å². The molecule has 0 amide bonds. The van der Waals surface area contributed by atoms with Crippen molar-refractivity contribution in [1.82, 2.24) is 26.9 Å². The Morgan fingerprint density at radius 1 is 1.36 bits per heavy atom. The SMILES string of the molecule is [O-]NON([O-])N1N([O-])ON1[O-]. The summed E-state index contributed by atoms with van der Waals surface area (Å²) in [7, 11) is 0. The number of nitrogens with one attached hydrogen (secondary N) is 1. The number of hydrazine groups is 3. The Labute approximate surface area is 58.9 Å². The van der Waals surface area contributed by atoms with Crippen LogP contribution in [0.5, 0.6) is 0 Å². The Hall–Kier alpha value is -0.440. The highest BCUT2D eigenvalue weighted by atomic mass is 17.2. The van der Waals surface area contributed by atoms with E-state index in [1.54, 1.807) is 0 Å². The summed E-state index contributed by atoms with van der Waals surface area (Å²) in [5.41, 5.74) is 0.693. The van der Waals surface area contributed by atoms with E-state index in [0.717, 1.165) is 0 Å². The van der Waals surface area contributed by atoms with Gasteiger partial charge in [-0.3, -0.25) is 5.64 Å². The van der Waals surface area contributed by atoms with Crippen LogP contribution >= 0.6 is 0 Å². The third kappa shape index (κ3) is 1.59.